The molecule has 3 aromatic rings. The van der Waals surface area contributed by atoms with Gasteiger partial charge in [0.15, 0.2) is 5.17 Å². The number of benzene rings is 3. The van der Waals surface area contributed by atoms with Crippen LogP contribution in [0.5, 0.6) is 0 Å². The van der Waals surface area contributed by atoms with E-state index in [1.807, 2.05) is 49.2 Å². The van der Waals surface area contributed by atoms with Crippen LogP contribution in [0.1, 0.15) is 11.1 Å². The van der Waals surface area contributed by atoms with Gasteiger partial charge in [-0.05, 0) is 64.4 Å². The molecule has 1 aliphatic heterocycles. The number of aliphatic imine (C=N–C) groups is 1. The molecule has 2 N–H and O–H groups in total. The van der Waals surface area contributed by atoms with Gasteiger partial charge in [-0.25, -0.2) is 13.4 Å². The third-order valence-corrected chi connectivity index (χ3v) is 6.92. The zero-order chi connectivity index (χ0) is 26.6. The number of amidine groups is 1. The molecule has 0 spiro atoms. The van der Waals surface area contributed by atoms with Crippen molar-refractivity contribution in [1.29, 1.82) is 0 Å². The molecular weight excluding hydrogens is 508 g/mol. The van der Waals surface area contributed by atoms with Gasteiger partial charge < -0.3 is 10.2 Å². The molecule has 8 nitrogen and oxygen atoms in total. The number of carbonyl (C=O) groups is 2. The quantitative estimate of drug-likeness (QED) is 0.445. The van der Waals surface area contributed by atoms with Crippen LogP contribution in [0, 0.1) is 0 Å². The largest absolute Gasteiger partial charge is 0.378 e. The zero-order valence-electron chi connectivity index (χ0n) is 20.6. The van der Waals surface area contributed by atoms with Gasteiger partial charge >= 0.3 is 0 Å². The fraction of sp³-hybridized carbons (Fsp3) is 0.148. The molecule has 0 atom stereocenters. The molecule has 0 aliphatic carbocycles. The molecule has 10 heteroatoms. The molecule has 0 aromatic heterocycles. The minimum atomic E-state index is -3.59. The van der Waals surface area contributed by atoms with Crippen molar-refractivity contribution >= 4 is 56.2 Å². The standard InChI is InChI=1S/C27H26N4O4S2/c1-31(2)23-14-10-21(11-15-23)20-8-4-18(5-9-20)16-24-26(33)29-27(36-24)28-22-12-6-19(7-13-22)17-25(32)30-37(3,34)35/h4-16H,17H2,1-3H3,(H,30,32)(H,28,29,33). The SMILES string of the molecule is CN(C)c1ccc(-c2ccc(C=C3SC(=Nc4ccc(CC(=O)NS(C)(=O)=O)cc4)NC3=O)cc2)cc1. The number of anilines is 1. The van der Waals surface area contributed by atoms with Crippen molar-refractivity contribution in [1.82, 2.24) is 10.0 Å². The molecule has 0 saturated carbocycles. The Kier molecular flexibility index (Phi) is 7.80. The maximum atomic E-state index is 12.5. The Labute approximate surface area is 220 Å². The summed E-state index contributed by atoms with van der Waals surface area (Å²) in [4.78, 5) is 31.3. The third kappa shape index (κ3) is 7.31. The number of nitrogens with zero attached hydrogens (tertiary/aromatic N) is 2. The number of sulfonamides is 1. The lowest BCUT2D eigenvalue weighted by Gasteiger charge is -2.12. The van der Waals surface area contributed by atoms with Crippen LogP contribution in [0.3, 0.4) is 0 Å². The van der Waals surface area contributed by atoms with Crippen LogP contribution in [-0.2, 0) is 26.0 Å². The van der Waals surface area contributed by atoms with Crippen molar-refractivity contribution in [2.75, 3.05) is 25.3 Å². The van der Waals surface area contributed by atoms with E-state index in [1.54, 1.807) is 24.3 Å². The number of amides is 2. The lowest BCUT2D eigenvalue weighted by atomic mass is 10.0. The predicted octanol–water partition coefficient (Wildman–Crippen LogP) is 3.93. The topological polar surface area (TPSA) is 108 Å². The van der Waals surface area contributed by atoms with E-state index in [9.17, 15) is 18.0 Å². The van der Waals surface area contributed by atoms with Gasteiger partial charge in [0.1, 0.15) is 0 Å². The molecule has 0 bridgehead atoms. The average molecular weight is 535 g/mol. The van der Waals surface area contributed by atoms with Crippen LogP contribution in [0.25, 0.3) is 17.2 Å². The number of carbonyl (C=O) groups excluding carboxylic acids is 2. The van der Waals surface area contributed by atoms with E-state index in [2.05, 4.69) is 39.5 Å². The summed E-state index contributed by atoms with van der Waals surface area (Å²) in [6.07, 6.45) is 2.69. The van der Waals surface area contributed by atoms with Gasteiger partial charge in [0, 0.05) is 19.8 Å². The Bertz CT molecular complexity index is 1480. The van der Waals surface area contributed by atoms with E-state index in [4.69, 9.17) is 0 Å². The van der Waals surface area contributed by atoms with Gasteiger partial charge in [-0.3, -0.25) is 14.3 Å². The number of thioether (sulfide) groups is 1. The van der Waals surface area contributed by atoms with Crippen molar-refractivity contribution in [3.8, 4) is 11.1 Å². The summed E-state index contributed by atoms with van der Waals surface area (Å²) in [5, 5.41) is 3.22. The van der Waals surface area contributed by atoms with Crippen molar-refractivity contribution in [3.05, 3.63) is 88.8 Å². The second kappa shape index (κ2) is 11.0. The van der Waals surface area contributed by atoms with Gasteiger partial charge in [-0.1, -0.05) is 48.5 Å². The van der Waals surface area contributed by atoms with E-state index < -0.39 is 15.9 Å². The minimum absolute atomic E-state index is 0.0670. The average Bonchev–Trinajstić information content (AvgIpc) is 3.18. The predicted molar refractivity (Wildman–Crippen MR) is 150 cm³/mol. The Balaban J connectivity index is 1.40. The molecule has 0 radical (unpaired) electrons. The summed E-state index contributed by atoms with van der Waals surface area (Å²) in [5.74, 6) is -0.827. The Hall–Kier alpha value is -3.89. The number of hydrogen-bond acceptors (Lipinski definition) is 7. The van der Waals surface area contributed by atoms with Crippen LogP contribution < -0.4 is 14.9 Å². The van der Waals surface area contributed by atoms with Crippen LogP contribution in [-0.4, -0.2) is 45.8 Å². The van der Waals surface area contributed by atoms with Gasteiger partial charge in [0.2, 0.25) is 15.9 Å². The monoisotopic (exact) mass is 534 g/mol. The first kappa shape index (κ1) is 26.2. The maximum absolute atomic E-state index is 12.5. The second-order valence-electron chi connectivity index (χ2n) is 8.69. The molecule has 0 unspecified atom stereocenters. The van der Waals surface area contributed by atoms with Crippen molar-refractivity contribution < 1.29 is 18.0 Å². The minimum Gasteiger partial charge on any atom is -0.378 e. The van der Waals surface area contributed by atoms with Crippen molar-refractivity contribution in [2.24, 2.45) is 4.99 Å². The summed E-state index contributed by atoms with van der Waals surface area (Å²) in [6.45, 7) is 0. The van der Waals surface area contributed by atoms with Crippen LogP contribution in [0.2, 0.25) is 0 Å². The highest BCUT2D eigenvalue weighted by Gasteiger charge is 2.23. The number of rotatable bonds is 7. The normalized spacial score (nSPS) is 15.6. The molecule has 37 heavy (non-hydrogen) atoms. The molecule has 1 fully saturated rings. The fourth-order valence-corrected chi connectivity index (χ4v) is 4.92. The summed E-state index contributed by atoms with van der Waals surface area (Å²) in [5.41, 5.74) is 5.50. The van der Waals surface area contributed by atoms with Gasteiger partial charge in [0.05, 0.1) is 23.3 Å². The van der Waals surface area contributed by atoms with Crippen molar-refractivity contribution in [2.45, 2.75) is 6.42 Å². The fourth-order valence-electron chi connectivity index (χ4n) is 3.59. The second-order valence-corrected chi connectivity index (χ2v) is 11.5. The summed E-state index contributed by atoms with van der Waals surface area (Å²) < 4.78 is 24.3. The molecule has 2 amide bonds. The lowest BCUT2D eigenvalue weighted by Crippen LogP contribution is -2.30. The van der Waals surface area contributed by atoms with Gasteiger partial charge in [0.25, 0.3) is 5.91 Å². The molecule has 1 saturated heterocycles. The van der Waals surface area contributed by atoms with Gasteiger partial charge in [-0.15, -0.1) is 0 Å². The van der Waals surface area contributed by atoms with E-state index in [0.717, 1.165) is 28.6 Å². The van der Waals surface area contributed by atoms with Crippen LogP contribution in [0.15, 0.2) is 82.7 Å². The van der Waals surface area contributed by atoms with E-state index in [1.165, 1.54) is 11.8 Å². The number of hydrogen-bond donors (Lipinski definition) is 2. The Morgan fingerprint density at radius 3 is 2.14 bits per heavy atom. The molecule has 190 valence electrons. The van der Waals surface area contributed by atoms with Crippen LogP contribution in [0.4, 0.5) is 11.4 Å². The number of nitrogens with one attached hydrogen (secondary N) is 2. The molecule has 1 aliphatic rings. The highest BCUT2D eigenvalue weighted by atomic mass is 32.2. The van der Waals surface area contributed by atoms with E-state index in [0.29, 0.717) is 21.3 Å². The first-order valence-corrected chi connectivity index (χ1v) is 14.0. The van der Waals surface area contributed by atoms with Crippen LogP contribution >= 0.6 is 11.8 Å². The lowest BCUT2D eigenvalue weighted by molar-refractivity contribution is -0.118. The maximum Gasteiger partial charge on any atom is 0.264 e. The summed E-state index contributed by atoms with van der Waals surface area (Å²) in [7, 11) is 0.426. The van der Waals surface area contributed by atoms with Gasteiger partial charge in [-0.2, -0.15) is 0 Å². The van der Waals surface area contributed by atoms with E-state index >= 15 is 0 Å². The van der Waals surface area contributed by atoms with E-state index in [-0.39, 0.29) is 12.3 Å². The molecule has 3 aromatic carbocycles. The summed E-state index contributed by atoms with van der Waals surface area (Å²) in [6, 6.07) is 23.1. The first-order chi connectivity index (χ1) is 17.6. The molecular formula is C27H26N4O4S2. The molecule has 4 rings (SSSR count). The zero-order valence-corrected chi connectivity index (χ0v) is 22.2. The van der Waals surface area contributed by atoms with Crippen molar-refractivity contribution in [3.63, 3.8) is 0 Å². The molecule has 1 heterocycles. The highest BCUT2D eigenvalue weighted by molar-refractivity contribution is 8.18. The summed E-state index contributed by atoms with van der Waals surface area (Å²) >= 11 is 1.25. The first-order valence-electron chi connectivity index (χ1n) is 11.3. The Morgan fingerprint density at radius 1 is 0.973 bits per heavy atom. The Morgan fingerprint density at radius 2 is 1.57 bits per heavy atom. The smallest absolute Gasteiger partial charge is 0.264 e. The third-order valence-electron chi connectivity index (χ3n) is 5.41. The highest BCUT2D eigenvalue weighted by Crippen LogP contribution is 2.29.